The fourth-order valence-corrected chi connectivity index (χ4v) is 3.84. The topological polar surface area (TPSA) is 98.6 Å². The van der Waals surface area contributed by atoms with Crippen LogP contribution in [-0.4, -0.2) is 41.9 Å². The van der Waals surface area contributed by atoms with E-state index in [-0.39, 0.29) is 24.8 Å². The molecule has 4 unspecified atom stereocenters. The second-order valence-corrected chi connectivity index (χ2v) is 7.74. The summed E-state index contributed by atoms with van der Waals surface area (Å²) in [5.41, 5.74) is 0.307. The van der Waals surface area contributed by atoms with Crippen molar-refractivity contribution in [3.8, 4) is 0 Å². The van der Waals surface area contributed by atoms with Crippen LogP contribution in [0.15, 0.2) is 47.1 Å². The van der Waals surface area contributed by atoms with E-state index in [9.17, 15) is 14.0 Å². The van der Waals surface area contributed by atoms with Gasteiger partial charge in [-0.2, -0.15) is 0 Å². The van der Waals surface area contributed by atoms with Gasteiger partial charge >= 0.3 is 6.03 Å². The Bertz CT molecular complexity index is 891. The summed E-state index contributed by atoms with van der Waals surface area (Å²) < 4.78 is 19.3. The molecule has 2 aliphatic rings. The number of nitrogens with one attached hydrogen (secondary N) is 4. The number of fused-ring (bicyclic) bond motifs is 1. The Labute approximate surface area is 174 Å². The molecule has 9 heteroatoms. The lowest BCUT2D eigenvalue weighted by atomic mass is 9.99. The highest BCUT2D eigenvalue weighted by Crippen LogP contribution is 2.20. The van der Waals surface area contributed by atoms with Gasteiger partial charge in [0.05, 0.1) is 24.9 Å². The van der Waals surface area contributed by atoms with Gasteiger partial charge in [0.1, 0.15) is 17.9 Å². The van der Waals surface area contributed by atoms with Crippen LogP contribution in [-0.2, 0) is 17.8 Å². The number of benzene rings is 1. The summed E-state index contributed by atoms with van der Waals surface area (Å²) in [7, 11) is 0. The van der Waals surface area contributed by atoms with Crippen LogP contribution in [0.5, 0.6) is 0 Å². The van der Waals surface area contributed by atoms with Crippen molar-refractivity contribution in [2.24, 2.45) is 5.92 Å². The molecule has 0 bridgehead atoms. The Morgan fingerprint density at radius 1 is 1.27 bits per heavy atom. The van der Waals surface area contributed by atoms with E-state index < -0.39 is 23.9 Å². The van der Waals surface area contributed by atoms with Crippen LogP contribution in [0.3, 0.4) is 0 Å². The van der Waals surface area contributed by atoms with Crippen LogP contribution < -0.4 is 21.3 Å². The number of aryl methyl sites for hydroxylation is 1. The maximum Gasteiger partial charge on any atom is 0.325 e. The van der Waals surface area contributed by atoms with Crippen molar-refractivity contribution in [3.05, 3.63) is 59.8 Å². The molecule has 0 spiro atoms. The van der Waals surface area contributed by atoms with Gasteiger partial charge in [0.25, 0.3) is 0 Å². The van der Waals surface area contributed by atoms with Crippen molar-refractivity contribution in [1.82, 2.24) is 26.2 Å². The minimum Gasteiger partial charge on any atom is -0.469 e. The number of hydrogen-bond donors (Lipinski definition) is 4. The number of carbonyl (C=O) groups is 2. The maximum atomic E-state index is 13.9. The third-order valence-electron chi connectivity index (χ3n) is 5.54. The number of amides is 3. The predicted molar refractivity (Wildman–Crippen MR) is 107 cm³/mol. The normalized spacial score (nSPS) is 25.0. The lowest BCUT2D eigenvalue weighted by Crippen LogP contribution is -2.75. The third-order valence-corrected chi connectivity index (χ3v) is 5.54. The zero-order valence-corrected chi connectivity index (χ0v) is 16.7. The van der Waals surface area contributed by atoms with Crippen molar-refractivity contribution in [2.45, 2.75) is 44.8 Å². The molecule has 4 rings (SSSR count). The smallest absolute Gasteiger partial charge is 0.325 e. The number of urea groups is 1. The van der Waals surface area contributed by atoms with Crippen molar-refractivity contribution in [1.29, 1.82) is 0 Å². The van der Waals surface area contributed by atoms with Gasteiger partial charge in [0, 0.05) is 24.6 Å². The average Bonchev–Trinajstić information content (AvgIpc) is 3.24. The molecule has 2 aliphatic heterocycles. The molecule has 0 saturated carbocycles. The second kappa shape index (κ2) is 8.95. The van der Waals surface area contributed by atoms with Gasteiger partial charge in [-0.15, -0.1) is 0 Å². The monoisotopic (exact) mass is 415 g/mol. The Kier molecular flexibility index (Phi) is 6.12. The number of carbonyl (C=O) groups excluding carboxylic acids is 2. The number of halogens is 1. The molecule has 30 heavy (non-hydrogen) atoms. The summed E-state index contributed by atoms with van der Waals surface area (Å²) in [5, 5.41) is 12.7. The quantitative estimate of drug-likeness (QED) is 0.547. The lowest BCUT2D eigenvalue weighted by Gasteiger charge is -2.44. The molecule has 4 N–H and O–H groups in total. The standard InChI is InChI=1S/C21H26FN5O3/c1-13(8-9-15-6-4-10-30-15)24-20-23-11-16-18(25-20)26-21(29)27(19(16)28)12-14-5-2-3-7-17(14)22/h2-7,10,13,16,18,20,23-25H,8-9,11-12H2,1H3,(H,26,29). The van der Waals surface area contributed by atoms with Gasteiger partial charge < -0.3 is 9.73 Å². The molecule has 8 nitrogen and oxygen atoms in total. The number of hydrogen-bond acceptors (Lipinski definition) is 6. The average molecular weight is 415 g/mol. The zero-order valence-electron chi connectivity index (χ0n) is 16.7. The van der Waals surface area contributed by atoms with Crippen molar-refractivity contribution >= 4 is 11.9 Å². The summed E-state index contributed by atoms with van der Waals surface area (Å²) in [6.07, 6.45) is 2.63. The van der Waals surface area contributed by atoms with E-state index in [2.05, 4.69) is 28.2 Å². The summed E-state index contributed by atoms with van der Waals surface area (Å²) in [5.74, 6) is -0.288. The first-order valence-electron chi connectivity index (χ1n) is 10.1. The molecule has 2 saturated heterocycles. The van der Waals surface area contributed by atoms with Crippen LogP contribution in [0.1, 0.15) is 24.7 Å². The Morgan fingerprint density at radius 3 is 2.87 bits per heavy atom. The van der Waals surface area contributed by atoms with E-state index in [1.165, 1.54) is 6.07 Å². The first kappa shape index (κ1) is 20.5. The van der Waals surface area contributed by atoms with Crippen LogP contribution in [0.4, 0.5) is 9.18 Å². The molecule has 1 aromatic heterocycles. The fraction of sp³-hybridized carbons (Fsp3) is 0.429. The molecule has 1 aromatic carbocycles. The second-order valence-electron chi connectivity index (χ2n) is 7.74. The SMILES string of the molecule is CC(CCc1ccco1)NC1NCC2C(=O)N(Cc3ccccc3F)C(=O)NC2N1. The minimum absolute atomic E-state index is 0.0912. The van der Waals surface area contributed by atoms with E-state index in [0.717, 1.165) is 23.5 Å². The first-order valence-corrected chi connectivity index (χ1v) is 10.1. The highest BCUT2D eigenvalue weighted by Gasteiger charge is 2.44. The Morgan fingerprint density at radius 2 is 2.10 bits per heavy atom. The molecular weight excluding hydrogens is 389 g/mol. The first-order chi connectivity index (χ1) is 14.5. The van der Waals surface area contributed by atoms with E-state index >= 15 is 0 Å². The summed E-state index contributed by atoms with van der Waals surface area (Å²) in [4.78, 5) is 26.5. The molecule has 3 amide bonds. The molecule has 2 fully saturated rings. The van der Waals surface area contributed by atoms with Gasteiger partial charge in [0.2, 0.25) is 5.91 Å². The number of furan rings is 1. The van der Waals surface area contributed by atoms with Gasteiger partial charge in [-0.1, -0.05) is 18.2 Å². The summed E-state index contributed by atoms with van der Waals surface area (Å²) in [6, 6.07) is 9.63. The lowest BCUT2D eigenvalue weighted by molar-refractivity contribution is -0.137. The molecule has 0 aliphatic carbocycles. The van der Waals surface area contributed by atoms with E-state index in [1.807, 2.05) is 12.1 Å². The Hall–Kier alpha value is -2.75. The number of rotatable bonds is 7. The van der Waals surface area contributed by atoms with Gasteiger partial charge in [0.15, 0.2) is 0 Å². The maximum absolute atomic E-state index is 13.9. The highest BCUT2D eigenvalue weighted by atomic mass is 19.1. The molecule has 0 radical (unpaired) electrons. The largest absolute Gasteiger partial charge is 0.469 e. The van der Waals surface area contributed by atoms with Gasteiger partial charge in [-0.05, 0) is 31.5 Å². The van der Waals surface area contributed by atoms with E-state index in [4.69, 9.17) is 4.42 Å². The van der Waals surface area contributed by atoms with E-state index in [0.29, 0.717) is 12.1 Å². The molecule has 4 atom stereocenters. The van der Waals surface area contributed by atoms with Crippen LogP contribution >= 0.6 is 0 Å². The van der Waals surface area contributed by atoms with E-state index in [1.54, 1.807) is 24.5 Å². The minimum atomic E-state index is -0.525. The zero-order chi connectivity index (χ0) is 21.1. The van der Waals surface area contributed by atoms with Crippen molar-refractivity contribution in [3.63, 3.8) is 0 Å². The molecule has 160 valence electrons. The number of nitrogens with zero attached hydrogens (tertiary/aromatic N) is 1. The van der Waals surface area contributed by atoms with Gasteiger partial charge in [-0.25, -0.2) is 9.18 Å². The Balaban J connectivity index is 1.32. The highest BCUT2D eigenvalue weighted by molar-refractivity contribution is 5.98. The summed E-state index contributed by atoms with van der Waals surface area (Å²) >= 11 is 0. The van der Waals surface area contributed by atoms with Crippen molar-refractivity contribution < 1.29 is 18.4 Å². The van der Waals surface area contributed by atoms with Crippen molar-refractivity contribution in [2.75, 3.05) is 6.54 Å². The summed E-state index contributed by atoms with van der Waals surface area (Å²) in [6.45, 7) is 2.37. The molecule has 3 heterocycles. The number of imide groups is 1. The van der Waals surface area contributed by atoms with Crippen LogP contribution in [0, 0.1) is 11.7 Å². The third kappa shape index (κ3) is 4.53. The van der Waals surface area contributed by atoms with Crippen LogP contribution in [0.25, 0.3) is 0 Å². The van der Waals surface area contributed by atoms with Gasteiger partial charge in [-0.3, -0.25) is 25.6 Å². The fourth-order valence-electron chi connectivity index (χ4n) is 3.84. The molecular formula is C21H26FN5O3. The predicted octanol–water partition coefficient (Wildman–Crippen LogP) is 1.50. The van der Waals surface area contributed by atoms with Crippen LogP contribution in [0.2, 0.25) is 0 Å². The molecule has 2 aromatic rings.